The van der Waals surface area contributed by atoms with E-state index in [1.165, 1.54) is 12.1 Å². The van der Waals surface area contributed by atoms with Crippen LogP contribution in [0.15, 0.2) is 18.2 Å². The first-order valence-electron chi connectivity index (χ1n) is 14.7. The van der Waals surface area contributed by atoms with Gasteiger partial charge in [0.1, 0.15) is 6.04 Å². The fourth-order valence-corrected chi connectivity index (χ4v) is 4.81. The zero-order valence-corrected chi connectivity index (χ0v) is 24.6. The number of esters is 3. The van der Waals surface area contributed by atoms with Crippen LogP contribution in [-0.2, 0) is 23.9 Å². The maximum absolute atomic E-state index is 12.7. The second-order valence-electron chi connectivity index (χ2n) is 11.4. The Bertz CT molecular complexity index is 1000. The minimum absolute atomic E-state index is 0.0257. The summed E-state index contributed by atoms with van der Waals surface area (Å²) in [7, 11) is 0. The molecule has 0 heterocycles. The van der Waals surface area contributed by atoms with Gasteiger partial charge in [-0.25, -0.2) is 0 Å². The van der Waals surface area contributed by atoms with Gasteiger partial charge in [0.05, 0.1) is 12.0 Å². The first kappa shape index (κ1) is 33.3. The summed E-state index contributed by atoms with van der Waals surface area (Å²) in [6.07, 6.45) is 6.24. The van der Waals surface area contributed by atoms with Crippen molar-refractivity contribution in [3.63, 3.8) is 0 Å². The molecule has 3 N–H and O–H groups in total. The SMILES string of the molecule is CCC(C)CC(=O)Oc1ccc(C(CC(C)OC(=O)C2CCCCC2)[C@H](N)C(=O)O)cc1OC(=O)CC(C)CC. The standard InChI is InChI=1S/C31H47NO8/c1-6-19(3)15-27(33)39-25-14-13-23(18-26(25)40-28(34)16-20(4)7-2)24(29(32)30(35)36)17-21(5)38-31(37)22-11-9-8-10-12-22/h13-14,18-22,24,29H,6-12,15-17,32H2,1-5H3,(H,35,36)/t19?,20?,21?,24?,29-/m0/s1. The van der Waals surface area contributed by atoms with Crippen LogP contribution in [0.3, 0.4) is 0 Å². The second-order valence-corrected chi connectivity index (χ2v) is 11.4. The smallest absolute Gasteiger partial charge is 0.321 e. The number of hydrogen-bond donors (Lipinski definition) is 2. The molecule has 4 unspecified atom stereocenters. The monoisotopic (exact) mass is 561 g/mol. The van der Waals surface area contributed by atoms with Gasteiger partial charge in [-0.05, 0) is 55.7 Å². The predicted octanol–water partition coefficient (Wildman–Crippen LogP) is 5.77. The van der Waals surface area contributed by atoms with E-state index in [9.17, 15) is 24.3 Å². The number of carboxylic acids is 1. The number of carboxylic acid groups (broad SMARTS) is 1. The van der Waals surface area contributed by atoms with Crippen molar-refractivity contribution >= 4 is 23.9 Å². The lowest BCUT2D eigenvalue weighted by Gasteiger charge is -2.27. The molecule has 1 aliphatic carbocycles. The number of carbonyl (C=O) groups excluding carboxylic acids is 3. The summed E-state index contributed by atoms with van der Waals surface area (Å²) >= 11 is 0. The molecule has 1 saturated carbocycles. The van der Waals surface area contributed by atoms with Crippen LogP contribution in [0.5, 0.6) is 11.5 Å². The van der Waals surface area contributed by atoms with Gasteiger partial charge in [-0.3, -0.25) is 19.2 Å². The maximum atomic E-state index is 12.7. The normalized spacial score (nSPS) is 17.6. The molecular formula is C31H47NO8. The van der Waals surface area contributed by atoms with Crippen molar-refractivity contribution in [2.75, 3.05) is 0 Å². The highest BCUT2D eigenvalue weighted by Gasteiger charge is 2.31. The molecule has 2 rings (SSSR count). The summed E-state index contributed by atoms with van der Waals surface area (Å²) < 4.78 is 16.9. The van der Waals surface area contributed by atoms with Crippen molar-refractivity contribution in [2.45, 2.75) is 117 Å². The molecule has 0 aromatic heterocycles. The van der Waals surface area contributed by atoms with Crippen LogP contribution in [-0.4, -0.2) is 41.1 Å². The molecule has 9 nitrogen and oxygen atoms in total. The van der Waals surface area contributed by atoms with E-state index in [1.54, 1.807) is 13.0 Å². The number of aliphatic carboxylic acids is 1. The van der Waals surface area contributed by atoms with Crippen LogP contribution in [0.4, 0.5) is 0 Å². The third kappa shape index (κ3) is 10.6. The highest BCUT2D eigenvalue weighted by Crippen LogP contribution is 2.36. The summed E-state index contributed by atoms with van der Waals surface area (Å²) in [4.78, 5) is 49.8. The lowest BCUT2D eigenvalue weighted by Crippen LogP contribution is -2.38. The van der Waals surface area contributed by atoms with E-state index < -0.39 is 36.0 Å². The molecule has 224 valence electrons. The minimum atomic E-state index is -1.31. The molecule has 5 atom stereocenters. The average molecular weight is 562 g/mol. The van der Waals surface area contributed by atoms with E-state index in [-0.39, 0.29) is 54.5 Å². The third-order valence-electron chi connectivity index (χ3n) is 7.83. The number of nitrogens with two attached hydrogens (primary N) is 1. The topological polar surface area (TPSA) is 142 Å². The van der Waals surface area contributed by atoms with E-state index in [2.05, 4.69) is 0 Å². The minimum Gasteiger partial charge on any atom is -0.480 e. The quantitative estimate of drug-likeness (QED) is 0.202. The second kappa shape index (κ2) is 16.4. The van der Waals surface area contributed by atoms with E-state index in [4.69, 9.17) is 19.9 Å². The van der Waals surface area contributed by atoms with E-state index >= 15 is 0 Å². The first-order chi connectivity index (χ1) is 18.9. The average Bonchev–Trinajstić information content (AvgIpc) is 2.92. The van der Waals surface area contributed by atoms with Gasteiger partial charge in [-0.15, -0.1) is 0 Å². The fraction of sp³-hybridized carbons (Fsp3) is 0.677. The number of benzene rings is 1. The van der Waals surface area contributed by atoms with Crippen LogP contribution in [0, 0.1) is 17.8 Å². The van der Waals surface area contributed by atoms with Crippen LogP contribution in [0.2, 0.25) is 0 Å². The largest absolute Gasteiger partial charge is 0.480 e. The van der Waals surface area contributed by atoms with Crippen LogP contribution in [0.1, 0.15) is 110 Å². The van der Waals surface area contributed by atoms with Gasteiger partial charge in [0, 0.05) is 18.8 Å². The van der Waals surface area contributed by atoms with Gasteiger partial charge in [-0.1, -0.05) is 65.9 Å². The number of ether oxygens (including phenoxy) is 3. The highest BCUT2D eigenvalue weighted by atomic mass is 16.6. The number of rotatable bonds is 15. The van der Waals surface area contributed by atoms with Gasteiger partial charge in [-0.2, -0.15) is 0 Å². The third-order valence-corrected chi connectivity index (χ3v) is 7.83. The van der Waals surface area contributed by atoms with Crippen LogP contribution < -0.4 is 15.2 Å². The van der Waals surface area contributed by atoms with Gasteiger partial charge in [0.2, 0.25) is 0 Å². The number of hydrogen-bond acceptors (Lipinski definition) is 8. The van der Waals surface area contributed by atoms with E-state index in [1.807, 2.05) is 27.7 Å². The molecule has 1 aliphatic rings. The van der Waals surface area contributed by atoms with Crippen LogP contribution >= 0.6 is 0 Å². The van der Waals surface area contributed by atoms with E-state index in [0.717, 1.165) is 44.9 Å². The summed E-state index contributed by atoms with van der Waals surface area (Å²) in [6, 6.07) is 3.30. The van der Waals surface area contributed by atoms with Crippen molar-refractivity contribution in [3.8, 4) is 11.5 Å². The van der Waals surface area contributed by atoms with Gasteiger partial charge in [0.25, 0.3) is 0 Å². The maximum Gasteiger partial charge on any atom is 0.321 e. The molecule has 40 heavy (non-hydrogen) atoms. The Hall–Kier alpha value is -2.94. The zero-order valence-electron chi connectivity index (χ0n) is 24.6. The molecule has 0 spiro atoms. The Labute approximate surface area is 238 Å². The molecular weight excluding hydrogens is 514 g/mol. The Morgan fingerprint density at radius 1 is 0.900 bits per heavy atom. The van der Waals surface area contributed by atoms with Crippen molar-refractivity contribution in [2.24, 2.45) is 23.5 Å². The van der Waals surface area contributed by atoms with Crippen LogP contribution in [0.25, 0.3) is 0 Å². The molecule has 9 heteroatoms. The zero-order chi connectivity index (χ0) is 29.8. The van der Waals surface area contributed by atoms with Crippen molar-refractivity contribution in [1.29, 1.82) is 0 Å². The first-order valence-corrected chi connectivity index (χ1v) is 14.7. The molecule has 1 aromatic carbocycles. The Balaban J connectivity index is 2.33. The predicted molar refractivity (Wildman–Crippen MR) is 151 cm³/mol. The number of carbonyl (C=O) groups is 4. The van der Waals surface area contributed by atoms with Gasteiger partial charge < -0.3 is 25.1 Å². The molecule has 0 aliphatic heterocycles. The molecule has 0 radical (unpaired) electrons. The summed E-state index contributed by atoms with van der Waals surface area (Å²) in [6.45, 7) is 9.55. The van der Waals surface area contributed by atoms with Gasteiger partial charge in [0.15, 0.2) is 11.5 Å². The van der Waals surface area contributed by atoms with Crippen molar-refractivity contribution < 1.29 is 38.5 Å². The van der Waals surface area contributed by atoms with Crippen molar-refractivity contribution in [1.82, 2.24) is 0 Å². The fourth-order valence-electron chi connectivity index (χ4n) is 4.81. The lowest BCUT2D eigenvalue weighted by atomic mass is 9.86. The molecule has 0 bridgehead atoms. The van der Waals surface area contributed by atoms with E-state index in [0.29, 0.717) is 5.56 Å². The summed E-state index contributed by atoms with van der Waals surface area (Å²) in [5, 5.41) is 9.75. The lowest BCUT2D eigenvalue weighted by molar-refractivity contribution is -0.155. The molecule has 1 fully saturated rings. The molecule has 1 aromatic rings. The summed E-state index contributed by atoms with van der Waals surface area (Å²) in [5.41, 5.74) is 6.58. The Morgan fingerprint density at radius 3 is 1.98 bits per heavy atom. The Morgan fingerprint density at radius 2 is 1.45 bits per heavy atom. The van der Waals surface area contributed by atoms with Crippen molar-refractivity contribution in [3.05, 3.63) is 23.8 Å². The highest BCUT2D eigenvalue weighted by molar-refractivity contribution is 5.77. The molecule has 0 amide bonds. The summed E-state index contributed by atoms with van der Waals surface area (Å²) in [5.74, 6) is -2.99. The van der Waals surface area contributed by atoms with Gasteiger partial charge >= 0.3 is 23.9 Å². The Kier molecular flexibility index (Phi) is 13.6. The molecule has 0 saturated heterocycles.